The van der Waals surface area contributed by atoms with Crippen LogP contribution in [0.3, 0.4) is 0 Å². The molecule has 2 aromatic heterocycles. The fourth-order valence-electron chi connectivity index (χ4n) is 1.68. The number of aromatic nitrogens is 2. The van der Waals surface area contributed by atoms with Gasteiger partial charge in [0.15, 0.2) is 0 Å². The molecule has 1 N–H and O–H groups in total. The molecule has 86 valence electrons. The maximum atomic E-state index is 4.36. The highest BCUT2D eigenvalue weighted by Crippen LogP contribution is 2.25. The van der Waals surface area contributed by atoms with E-state index in [1.54, 1.807) is 17.7 Å². The van der Waals surface area contributed by atoms with E-state index in [1.165, 1.54) is 0 Å². The van der Waals surface area contributed by atoms with E-state index in [0.29, 0.717) is 0 Å². The van der Waals surface area contributed by atoms with E-state index < -0.39 is 0 Å². The molecule has 0 unspecified atom stereocenters. The fourth-order valence-corrected chi connectivity index (χ4v) is 2.41. The molecule has 0 aliphatic carbocycles. The highest BCUT2D eigenvalue weighted by atomic mass is 32.1. The second kappa shape index (κ2) is 5.23. The summed E-state index contributed by atoms with van der Waals surface area (Å²) in [5, 5.41) is 6.36. The predicted molar refractivity (Wildman–Crippen MR) is 69.2 cm³/mol. The lowest BCUT2D eigenvalue weighted by molar-refractivity contribution is 0.710. The van der Waals surface area contributed by atoms with E-state index in [4.69, 9.17) is 0 Å². The first kappa shape index (κ1) is 11.3. The summed E-state index contributed by atoms with van der Waals surface area (Å²) in [5.41, 5.74) is 0. The SMILES string of the molecule is CNCCCN(C)c1ncnc2sccc12. The number of rotatable bonds is 5. The molecule has 0 saturated heterocycles. The van der Waals surface area contributed by atoms with Crippen molar-refractivity contribution in [2.45, 2.75) is 6.42 Å². The molecule has 4 nitrogen and oxygen atoms in total. The van der Waals surface area contributed by atoms with E-state index in [9.17, 15) is 0 Å². The predicted octanol–water partition coefficient (Wildman–Crippen LogP) is 1.74. The Morgan fingerprint density at radius 1 is 1.44 bits per heavy atom. The van der Waals surface area contributed by atoms with Crippen LogP contribution in [0.4, 0.5) is 5.82 Å². The number of fused-ring (bicyclic) bond motifs is 1. The lowest BCUT2D eigenvalue weighted by Gasteiger charge is -2.18. The molecule has 2 rings (SSSR count). The van der Waals surface area contributed by atoms with Crippen molar-refractivity contribution in [3.63, 3.8) is 0 Å². The van der Waals surface area contributed by atoms with Crippen LogP contribution < -0.4 is 10.2 Å². The maximum Gasteiger partial charge on any atom is 0.140 e. The molecule has 0 radical (unpaired) electrons. The van der Waals surface area contributed by atoms with Gasteiger partial charge in [-0.2, -0.15) is 0 Å². The van der Waals surface area contributed by atoms with Crippen molar-refractivity contribution in [3.8, 4) is 0 Å². The summed E-state index contributed by atoms with van der Waals surface area (Å²) < 4.78 is 0. The van der Waals surface area contributed by atoms with Crippen LogP contribution in [-0.2, 0) is 0 Å². The Morgan fingerprint density at radius 2 is 2.31 bits per heavy atom. The molecule has 0 amide bonds. The van der Waals surface area contributed by atoms with Crippen LogP contribution >= 0.6 is 11.3 Å². The highest BCUT2D eigenvalue weighted by Gasteiger charge is 2.08. The first-order valence-corrected chi connectivity index (χ1v) is 6.25. The zero-order chi connectivity index (χ0) is 11.4. The van der Waals surface area contributed by atoms with E-state index in [0.717, 1.165) is 35.5 Å². The standard InChI is InChI=1S/C11H16N4S/c1-12-5-3-6-15(2)10-9-4-7-16-11(9)14-8-13-10/h4,7-8,12H,3,5-6H2,1-2H3. The van der Waals surface area contributed by atoms with E-state index in [-0.39, 0.29) is 0 Å². The fraction of sp³-hybridized carbons (Fsp3) is 0.455. The molecule has 0 bridgehead atoms. The van der Waals surface area contributed by atoms with Crippen LogP contribution in [0, 0.1) is 0 Å². The van der Waals surface area contributed by atoms with Gasteiger partial charge < -0.3 is 10.2 Å². The van der Waals surface area contributed by atoms with Gasteiger partial charge in [-0.05, 0) is 31.5 Å². The summed E-state index contributed by atoms with van der Waals surface area (Å²) in [7, 11) is 4.05. The number of anilines is 1. The van der Waals surface area contributed by atoms with E-state index in [1.807, 2.05) is 7.05 Å². The first-order chi connectivity index (χ1) is 7.83. The van der Waals surface area contributed by atoms with Gasteiger partial charge in [0.1, 0.15) is 17.0 Å². The number of hydrogen-bond donors (Lipinski definition) is 1. The smallest absolute Gasteiger partial charge is 0.140 e. The van der Waals surface area contributed by atoms with E-state index in [2.05, 4.69) is 38.7 Å². The van der Waals surface area contributed by atoms with Gasteiger partial charge in [-0.1, -0.05) is 0 Å². The van der Waals surface area contributed by atoms with Crippen molar-refractivity contribution in [3.05, 3.63) is 17.8 Å². The number of nitrogens with one attached hydrogen (secondary N) is 1. The van der Waals surface area contributed by atoms with Crippen molar-refractivity contribution in [2.75, 3.05) is 32.1 Å². The van der Waals surface area contributed by atoms with Crippen molar-refractivity contribution in [1.29, 1.82) is 0 Å². The minimum atomic E-state index is 1.00. The van der Waals surface area contributed by atoms with Gasteiger partial charge in [0.2, 0.25) is 0 Å². The summed E-state index contributed by atoms with van der Waals surface area (Å²) in [5.74, 6) is 1.03. The second-order valence-corrected chi connectivity index (χ2v) is 4.61. The molecule has 0 saturated carbocycles. The topological polar surface area (TPSA) is 41.0 Å². The Labute approximate surface area is 99.3 Å². The Morgan fingerprint density at radius 3 is 3.12 bits per heavy atom. The number of nitrogens with zero attached hydrogens (tertiary/aromatic N) is 3. The van der Waals surface area contributed by atoms with Crippen LogP contribution in [0.5, 0.6) is 0 Å². The molecule has 5 heteroatoms. The Balaban J connectivity index is 2.15. The van der Waals surface area contributed by atoms with Crippen molar-refractivity contribution in [2.24, 2.45) is 0 Å². The average molecular weight is 236 g/mol. The van der Waals surface area contributed by atoms with Crippen LogP contribution in [0.25, 0.3) is 10.2 Å². The maximum absolute atomic E-state index is 4.36. The summed E-state index contributed by atoms with van der Waals surface area (Å²) in [6.45, 7) is 2.03. The molecule has 0 fully saturated rings. The Kier molecular flexibility index (Phi) is 3.69. The highest BCUT2D eigenvalue weighted by molar-refractivity contribution is 7.16. The summed E-state index contributed by atoms with van der Waals surface area (Å²) in [4.78, 5) is 11.9. The Bertz CT molecular complexity index is 454. The molecule has 0 spiro atoms. The summed E-state index contributed by atoms with van der Waals surface area (Å²) in [6.07, 6.45) is 2.76. The van der Waals surface area contributed by atoms with Gasteiger partial charge >= 0.3 is 0 Å². The van der Waals surface area contributed by atoms with Gasteiger partial charge in [-0.25, -0.2) is 9.97 Å². The molecule has 2 aromatic rings. The minimum Gasteiger partial charge on any atom is -0.359 e. The third kappa shape index (κ3) is 2.31. The lowest BCUT2D eigenvalue weighted by Crippen LogP contribution is -2.23. The van der Waals surface area contributed by atoms with E-state index >= 15 is 0 Å². The second-order valence-electron chi connectivity index (χ2n) is 3.72. The Hall–Kier alpha value is -1.20. The zero-order valence-corrected chi connectivity index (χ0v) is 10.4. The molecule has 0 aliphatic heterocycles. The number of thiophene rings is 1. The summed E-state index contributed by atoms with van der Waals surface area (Å²) >= 11 is 1.66. The third-order valence-corrected chi connectivity index (χ3v) is 3.34. The van der Waals surface area contributed by atoms with Crippen molar-refractivity contribution >= 4 is 27.4 Å². The van der Waals surface area contributed by atoms with Gasteiger partial charge in [-0.3, -0.25) is 0 Å². The van der Waals surface area contributed by atoms with Gasteiger partial charge in [-0.15, -0.1) is 11.3 Å². The first-order valence-electron chi connectivity index (χ1n) is 5.37. The minimum absolute atomic E-state index is 1.00. The lowest BCUT2D eigenvalue weighted by atomic mass is 10.3. The van der Waals surface area contributed by atoms with Crippen LogP contribution in [0.1, 0.15) is 6.42 Å². The average Bonchev–Trinajstić information content (AvgIpc) is 2.76. The third-order valence-electron chi connectivity index (χ3n) is 2.52. The number of hydrogen-bond acceptors (Lipinski definition) is 5. The molecule has 0 aromatic carbocycles. The van der Waals surface area contributed by atoms with Crippen LogP contribution in [0.15, 0.2) is 17.8 Å². The molecule has 16 heavy (non-hydrogen) atoms. The quantitative estimate of drug-likeness (QED) is 0.803. The molecular formula is C11H16N4S. The summed E-state index contributed by atoms with van der Waals surface area (Å²) in [6, 6.07) is 2.09. The van der Waals surface area contributed by atoms with Crippen molar-refractivity contribution < 1.29 is 0 Å². The van der Waals surface area contributed by atoms with Crippen molar-refractivity contribution in [1.82, 2.24) is 15.3 Å². The molecule has 0 aliphatic rings. The zero-order valence-electron chi connectivity index (χ0n) is 9.60. The molecular weight excluding hydrogens is 220 g/mol. The largest absolute Gasteiger partial charge is 0.359 e. The monoisotopic (exact) mass is 236 g/mol. The van der Waals surface area contributed by atoms with Crippen LogP contribution in [-0.4, -0.2) is 37.2 Å². The molecule has 2 heterocycles. The van der Waals surface area contributed by atoms with Crippen LogP contribution in [0.2, 0.25) is 0 Å². The van der Waals surface area contributed by atoms with Gasteiger partial charge in [0, 0.05) is 13.6 Å². The van der Waals surface area contributed by atoms with Gasteiger partial charge in [0.05, 0.1) is 5.39 Å². The molecule has 0 atom stereocenters. The normalized spacial score (nSPS) is 10.9. The van der Waals surface area contributed by atoms with Gasteiger partial charge in [0.25, 0.3) is 0 Å².